The van der Waals surface area contributed by atoms with E-state index in [1.807, 2.05) is 6.07 Å². The number of carbonyl (C=O) groups is 1. The van der Waals surface area contributed by atoms with Crippen molar-refractivity contribution in [1.82, 2.24) is 0 Å². The molecule has 0 atom stereocenters. The monoisotopic (exact) mass is 238 g/mol. The predicted octanol–water partition coefficient (Wildman–Crippen LogP) is 2.47. The van der Waals surface area contributed by atoms with Gasteiger partial charge < -0.3 is 10.5 Å². The number of thiophene rings is 1. The molecule has 4 nitrogen and oxygen atoms in total. The second-order valence-electron chi connectivity index (χ2n) is 4.41. The average Bonchev–Trinajstić information content (AvgIpc) is 2.41. The largest absolute Gasteiger partial charge is 0.456 e. The third kappa shape index (κ3) is 2.52. The Balaban J connectivity index is 3.07. The number of nitrogens with zero attached hydrogens (tertiary/aromatic N) is 1. The number of carbonyl (C=O) groups excluding carboxylic acids is 1. The molecule has 0 saturated heterocycles. The minimum atomic E-state index is -0.561. The van der Waals surface area contributed by atoms with Gasteiger partial charge in [0.1, 0.15) is 21.4 Å². The van der Waals surface area contributed by atoms with E-state index in [2.05, 4.69) is 0 Å². The van der Waals surface area contributed by atoms with Crippen molar-refractivity contribution < 1.29 is 9.53 Å². The van der Waals surface area contributed by atoms with Crippen molar-refractivity contribution in [2.75, 3.05) is 5.73 Å². The van der Waals surface area contributed by atoms with Gasteiger partial charge in [-0.15, -0.1) is 11.3 Å². The molecule has 1 rings (SSSR count). The van der Waals surface area contributed by atoms with E-state index >= 15 is 0 Å². The summed E-state index contributed by atoms with van der Waals surface area (Å²) in [6.45, 7) is 7.07. The van der Waals surface area contributed by atoms with Crippen LogP contribution in [0.2, 0.25) is 0 Å². The lowest BCUT2D eigenvalue weighted by molar-refractivity contribution is 0.00763. The Hall–Kier alpha value is -1.54. The van der Waals surface area contributed by atoms with E-state index in [-0.39, 0.29) is 0 Å². The van der Waals surface area contributed by atoms with Crippen molar-refractivity contribution in [3.63, 3.8) is 0 Å². The molecule has 0 aromatic carbocycles. The summed E-state index contributed by atoms with van der Waals surface area (Å²) in [5.74, 6) is -0.473. The number of esters is 1. The van der Waals surface area contributed by atoms with Crippen LogP contribution in [-0.2, 0) is 4.74 Å². The molecule has 0 amide bonds. The van der Waals surface area contributed by atoms with Gasteiger partial charge in [-0.05, 0) is 27.7 Å². The highest BCUT2D eigenvalue weighted by atomic mass is 32.1. The quantitative estimate of drug-likeness (QED) is 0.762. The Morgan fingerprint density at radius 2 is 2.06 bits per heavy atom. The average molecular weight is 238 g/mol. The molecule has 1 aromatic rings. The molecule has 0 spiro atoms. The van der Waals surface area contributed by atoms with E-state index in [0.717, 1.165) is 11.3 Å². The second-order valence-corrected chi connectivity index (χ2v) is 5.43. The molecular weight excluding hydrogens is 224 g/mol. The molecule has 2 N–H and O–H groups in total. The number of ether oxygens (including phenoxy) is 1. The van der Waals surface area contributed by atoms with E-state index < -0.39 is 11.6 Å². The molecule has 0 saturated carbocycles. The van der Waals surface area contributed by atoms with Gasteiger partial charge in [0.2, 0.25) is 0 Å². The number of nitrogen functional groups attached to an aromatic ring is 1. The van der Waals surface area contributed by atoms with Gasteiger partial charge in [-0.1, -0.05) is 0 Å². The van der Waals surface area contributed by atoms with Gasteiger partial charge in [0.15, 0.2) is 0 Å². The first-order valence-electron chi connectivity index (χ1n) is 4.78. The van der Waals surface area contributed by atoms with E-state index in [1.165, 1.54) is 0 Å². The molecule has 0 radical (unpaired) electrons. The zero-order valence-electron chi connectivity index (χ0n) is 9.75. The molecule has 86 valence electrons. The van der Waals surface area contributed by atoms with Crippen LogP contribution in [0.3, 0.4) is 0 Å². The molecule has 0 aliphatic heterocycles. The molecule has 0 unspecified atom stereocenters. The summed E-state index contributed by atoms with van der Waals surface area (Å²) < 4.78 is 5.20. The topological polar surface area (TPSA) is 76.1 Å². The lowest BCUT2D eigenvalue weighted by Gasteiger charge is -2.18. The van der Waals surface area contributed by atoms with Crippen molar-refractivity contribution in [3.8, 4) is 6.07 Å². The number of anilines is 1. The fourth-order valence-electron chi connectivity index (χ4n) is 1.11. The minimum absolute atomic E-state index is 0.309. The van der Waals surface area contributed by atoms with Gasteiger partial charge in [-0.2, -0.15) is 5.26 Å². The summed E-state index contributed by atoms with van der Waals surface area (Å²) in [4.78, 5) is 12.5. The zero-order valence-corrected chi connectivity index (χ0v) is 10.6. The van der Waals surface area contributed by atoms with Crippen molar-refractivity contribution in [3.05, 3.63) is 15.3 Å². The first-order chi connectivity index (χ1) is 7.26. The van der Waals surface area contributed by atoms with Crippen molar-refractivity contribution in [1.29, 1.82) is 5.26 Å². The Labute approximate surface area is 98.6 Å². The standard InChI is InChI=1S/C11H14N2O2S/c1-6-7(5-12)16-9(8(6)13)10(14)15-11(2,3)4/h13H2,1-4H3. The lowest BCUT2D eigenvalue weighted by Crippen LogP contribution is -2.23. The Morgan fingerprint density at radius 3 is 2.44 bits per heavy atom. The normalized spacial score (nSPS) is 10.9. The highest BCUT2D eigenvalue weighted by molar-refractivity contribution is 7.15. The van der Waals surface area contributed by atoms with Gasteiger partial charge in [0.25, 0.3) is 0 Å². The fraction of sp³-hybridized carbons (Fsp3) is 0.455. The van der Waals surface area contributed by atoms with E-state index in [4.69, 9.17) is 15.7 Å². The SMILES string of the molecule is Cc1c(C#N)sc(C(=O)OC(C)(C)C)c1N. The van der Waals surface area contributed by atoms with Crippen LogP contribution in [0.5, 0.6) is 0 Å². The number of rotatable bonds is 1. The summed E-state index contributed by atoms with van der Waals surface area (Å²) in [6.07, 6.45) is 0. The van der Waals surface area contributed by atoms with Crippen LogP contribution in [0.25, 0.3) is 0 Å². The summed E-state index contributed by atoms with van der Waals surface area (Å²) in [5, 5.41) is 8.82. The minimum Gasteiger partial charge on any atom is -0.456 e. The lowest BCUT2D eigenvalue weighted by atomic mass is 10.2. The smallest absolute Gasteiger partial charge is 0.351 e. The molecule has 0 aliphatic carbocycles. The fourth-order valence-corrected chi connectivity index (χ4v) is 2.01. The second kappa shape index (κ2) is 4.14. The van der Waals surface area contributed by atoms with Crippen LogP contribution in [0.4, 0.5) is 5.69 Å². The van der Waals surface area contributed by atoms with Crippen LogP contribution >= 0.6 is 11.3 Å². The number of nitriles is 1. The van der Waals surface area contributed by atoms with Gasteiger partial charge in [-0.25, -0.2) is 4.79 Å². The van der Waals surface area contributed by atoms with Gasteiger partial charge in [0, 0.05) is 5.56 Å². The van der Waals surface area contributed by atoms with Crippen LogP contribution in [0.15, 0.2) is 0 Å². The summed E-state index contributed by atoms with van der Waals surface area (Å²) in [6, 6.07) is 2.00. The van der Waals surface area contributed by atoms with Crippen LogP contribution in [0.1, 0.15) is 40.9 Å². The Bertz CT molecular complexity index is 464. The highest BCUT2D eigenvalue weighted by Gasteiger charge is 2.24. The summed E-state index contributed by atoms with van der Waals surface area (Å²) in [7, 11) is 0. The number of hydrogen-bond acceptors (Lipinski definition) is 5. The molecule has 0 fully saturated rings. The van der Waals surface area contributed by atoms with Gasteiger partial charge in [0.05, 0.1) is 5.69 Å². The zero-order chi connectivity index (χ0) is 12.5. The maximum Gasteiger partial charge on any atom is 0.351 e. The van der Waals surface area contributed by atoms with E-state index in [9.17, 15) is 4.79 Å². The van der Waals surface area contributed by atoms with Gasteiger partial charge in [-0.3, -0.25) is 0 Å². The molecule has 0 bridgehead atoms. The van der Waals surface area contributed by atoms with Crippen LogP contribution in [-0.4, -0.2) is 11.6 Å². The molecule has 0 aliphatic rings. The summed E-state index contributed by atoms with van der Waals surface area (Å²) >= 11 is 1.07. The van der Waals surface area contributed by atoms with Crippen LogP contribution < -0.4 is 5.73 Å². The highest BCUT2D eigenvalue weighted by Crippen LogP contribution is 2.31. The van der Waals surface area contributed by atoms with Gasteiger partial charge >= 0.3 is 5.97 Å². The molecule has 1 heterocycles. The van der Waals surface area contributed by atoms with Crippen LogP contribution in [0, 0.1) is 18.3 Å². The van der Waals surface area contributed by atoms with E-state index in [1.54, 1.807) is 27.7 Å². The molecular formula is C11H14N2O2S. The van der Waals surface area contributed by atoms with Crippen molar-refractivity contribution in [2.45, 2.75) is 33.3 Å². The first kappa shape index (κ1) is 12.5. The molecule has 16 heavy (non-hydrogen) atoms. The predicted molar refractivity (Wildman–Crippen MR) is 63.4 cm³/mol. The maximum absolute atomic E-state index is 11.8. The van der Waals surface area contributed by atoms with Crippen molar-refractivity contribution in [2.24, 2.45) is 0 Å². The Morgan fingerprint density at radius 1 is 1.50 bits per heavy atom. The van der Waals surface area contributed by atoms with Crippen molar-refractivity contribution >= 4 is 23.0 Å². The summed E-state index contributed by atoms with van der Waals surface area (Å²) in [5.41, 5.74) is 6.19. The maximum atomic E-state index is 11.8. The third-order valence-corrected chi connectivity index (χ3v) is 3.07. The molecule has 1 aromatic heterocycles. The first-order valence-corrected chi connectivity index (χ1v) is 5.60. The number of hydrogen-bond donors (Lipinski definition) is 1. The molecule has 5 heteroatoms. The van der Waals surface area contributed by atoms with E-state index in [0.29, 0.717) is 21.0 Å². The third-order valence-electron chi connectivity index (χ3n) is 1.88. The number of nitrogens with two attached hydrogens (primary N) is 1. The Kier molecular flexibility index (Phi) is 3.24.